The molecule has 2 unspecified atom stereocenters. The second-order valence-electron chi connectivity index (χ2n) is 8.01. The van der Waals surface area contributed by atoms with Crippen LogP contribution in [0.3, 0.4) is 0 Å². The largest absolute Gasteiger partial charge is 0.328 e. The molecule has 20 heavy (non-hydrogen) atoms. The van der Waals surface area contributed by atoms with Crippen molar-refractivity contribution in [1.82, 2.24) is 0 Å². The number of carbonyl (C=O) groups excluding carboxylic acids is 2. The van der Waals surface area contributed by atoms with Gasteiger partial charge in [-0.3, -0.25) is 4.79 Å². The van der Waals surface area contributed by atoms with Gasteiger partial charge >= 0.3 is 0 Å². The molecule has 2 rings (SSSR count). The zero-order chi connectivity index (χ0) is 15.1. The molecule has 2 aliphatic carbocycles. The molecular weight excluding hydrogens is 250 g/mol. The maximum atomic E-state index is 12.4. The Labute approximate surface area is 122 Å². The Kier molecular flexibility index (Phi) is 4.12. The zero-order valence-electron chi connectivity index (χ0n) is 13.4. The van der Waals surface area contributed by atoms with Crippen LogP contribution in [-0.2, 0) is 9.59 Å². The van der Waals surface area contributed by atoms with Gasteiger partial charge in [0.15, 0.2) is 0 Å². The topological polar surface area (TPSA) is 60.2 Å². The normalized spacial score (nSPS) is 40.2. The summed E-state index contributed by atoms with van der Waals surface area (Å²) in [6, 6.07) is 0.178. The molecule has 114 valence electrons. The van der Waals surface area contributed by atoms with Crippen LogP contribution in [0.4, 0.5) is 0 Å². The first-order chi connectivity index (χ1) is 9.17. The van der Waals surface area contributed by atoms with E-state index >= 15 is 0 Å². The SMILES string of the molecule is CC(=O)CC[C@H]1C(=O)CCC2C(C)(C)CC(N)C[C@@]21C. The van der Waals surface area contributed by atoms with Crippen molar-refractivity contribution in [2.45, 2.75) is 72.3 Å². The minimum atomic E-state index is -0.0219. The number of rotatable bonds is 3. The Balaban J connectivity index is 2.29. The van der Waals surface area contributed by atoms with Crippen molar-refractivity contribution >= 4 is 11.6 Å². The second-order valence-corrected chi connectivity index (χ2v) is 8.01. The molecular formula is C17H29NO2. The van der Waals surface area contributed by atoms with Gasteiger partial charge in [-0.1, -0.05) is 20.8 Å². The molecule has 2 saturated carbocycles. The fourth-order valence-corrected chi connectivity index (χ4v) is 5.26. The van der Waals surface area contributed by atoms with E-state index < -0.39 is 0 Å². The third-order valence-electron chi connectivity index (χ3n) is 5.88. The number of ketones is 2. The first kappa shape index (κ1) is 15.7. The number of hydrogen-bond acceptors (Lipinski definition) is 3. The molecule has 2 aliphatic rings. The second kappa shape index (κ2) is 5.25. The van der Waals surface area contributed by atoms with Crippen LogP contribution in [0.2, 0.25) is 0 Å². The summed E-state index contributed by atoms with van der Waals surface area (Å²) in [5.41, 5.74) is 6.46. The quantitative estimate of drug-likeness (QED) is 0.863. The summed E-state index contributed by atoms with van der Waals surface area (Å²) in [7, 11) is 0. The lowest BCUT2D eigenvalue weighted by Gasteiger charge is -2.58. The average molecular weight is 279 g/mol. The molecule has 2 fully saturated rings. The highest BCUT2D eigenvalue weighted by Crippen LogP contribution is 2.59. The lowest BCUT2D eigenvalue weighted by Crippen LogP contribution is -2.56. The molecule has 0 saturated heterocycles. The summed E-state index contributed by atoms with van der Waals surface area (Å²) in [6.07, 6.45) is 4.88. The summed E-state index contributed by atoms with van der Waals surface area (Å²) >= 11 is 0. The number of carbonyl (C=O) groups is 2. The molecule has 2 N–H and O–H groups in total. The van der Waals surface area contributed by atoms with Gasteiger partial charge in [-0.15, -0.1) is 0 Å². The molecule has 4 atom stereocenters. The van der Waals surface area contributed by atoms with Gasteiger partial charge in [0.1, 0.15) is 11.6 Å². The van der Waals surface area contributed by atoms with E-state index in [0.717, 1.165) is 19.3 Å². The van der Waals surface area contributed by atoms with Gasteiger partial charge in [0.2, 0.25) is 0 Å². The van der Waals surface area contributed by atoms with Crippen molar-refractivity contribution in [3.63, 3.8) is 0 Å². The van der Waals surface area contributed by atoms with Crippen LogP contribution in [0.15, 0.2) is 0 Å². The lowest BCUT2D eigenvalue weighted by molar-refractivity contribution is -0.144. The van der Waals surface area contributed by atoms with Crippen LogP contribution >= 0.6 is 0 Å². The van der Waals surface area contributed by atoms with Gasteiger partial charge in [-0.05, 0) is 49.4 Å². The highest BCUT2D eigenvalue weighted by atomic mass is 16.1. The fraction of sp³-hybridized carbons (Fsp3) is 0.882. The smallest absolute Gasteiger partial charge is 0.136 e. The van der Waals surface area contributed by atoms with E-state index in [9.17, 15) is 9.59 Å². The molecule has 0 bridgehead atoms. The van der Waals surface area contributed by atoms with Gasteiger partial charge in [-0.2, -0.15) is 0 Å². The monoisotopic (exact) mass is 279 g/mol. The molecule has 0 aromatic carbocycles. The Bertz CT molecular complexity index is 415. The van der Waals surface area contributed by atoms with Crippen LogP contribution in [0, 0.1) is 22.7 Å². The van der Waals surface area contributed by atoms with Crippen molar-refractivity contribution in [3.8, 4) is 0 Å². The van der Waals surface area contributed by atoms with Crippen molar-refractivity contribution in [1.29, 1.82) is 0 Å². The number of hydrogen-bond donors (Lipinski definition) is 1. The number of Topliss-reactive ketones (excluding diaryl/α,β-unsaturated/α-hetero) is 2. The highest BCUT2D eigenvalue weighted by molar-refractivity contribution is 5.84. The van der Waals surface area contributed by atoms with Crippen molar-refractivity contribution < 1.29 is 9.59 Å². The van der Waals surface area contributed by atoms with Crippen LogP contribution in [0.1, 0.15) is 66.2 Å². The molecule has 0 spiro atoms. The van der Waals surface area contributed by atoms with E-state index in [1.54, 1.807) is 6.92 Å². The van der Waals surface area contributed by atoms with Gasteiger partial charge < -0.3 is 10.5 Å². The summed E-state index contributed by atoms with van der Waals surface area (Å²) in [5, 5.41) is 0. The lowest BCUT2D eigenvalue weighted by atomic mass is 9.47. The maximum Gasteiger partial charge on any atom is 0.136 e. The van der Waals surface area contributed by atoms with Crippen LogP contribution in [-0.4, -0.2) is 17.6 Å². The fourth-order valence-electron chi connectivity index (χ4n) is 5.26. The molecule has 0 amide bonds. The molecule has 3 nitrogen and oxygen atoms in total. The molecule has 0 heterocycles. The average Bonchev–Trinajstić information content (AvgIpc) is 2.24. The van der Waals surface area contributed by atoms with Crippen molar-refractivity contribution in [3.05, 3.63) is 0 Å². The molecule has 0 radical (unpaired) electrons. The van der Waals surface area contributed by atoms with Crippen molar-refractivity contribution in [2.24, 2.45) is 28.4 Å². The number of nitrogens with two attached hydrogens (primary N) is 1. The standard InChI is InChI=1S/C17H29NO2/c1-11(19)5-6-13-14(20)7-8-15-16(2,3)9-12(18)10-17(13,15)4/h12-13,15H,5-10,18H2,1-4H3/t12?,13-,15?,17+/m0/s1. The van der Waals surface area contributed by atoms with Gasteiger partial charge in [0.25, 0.3) is 0 Å². The Morgan fingerprint density at radius 2 is 1.95 bits per heavy atom. The van der Waals surface area contributed by atoms with Crippen LogP contribution < -0.4 is 5.73 Å². The molecule has 0 aliphatic heterocycles. The third kappa shape index (κ3) is 2.69. The Morgan fingerprint density at radius 1 is 1.30 bits per heavy atom. The molecule has 0 aromatic rings. The zero-order valence-corrected chi connectivity index (χ0v) is 13.4. The van der Waals surface area contributed by atoms with E-state index in [-0.39, 0.29) is 28.6 Å². The molecule has 3 heteroatoms. The summed E-state index contributed by atoms with van der Waals surface area (Å²) in [6.45, 7) is 8.46. The van der Waals surface area contributed by atoms with E-state index in [1.165, 1.54) is 0 Å². The summed E-state index contributed by atoms with van der Waals surface area (Å²) in [5.74, 6) is 1.11. The molecule has 0 aromatic heterocycles. The maximum absolute atomic E-state index is 12.4. The summed E-state index contributed by atoms with van der Waals surface area (Å²) in [4.78, 5) is 23.7. The van der Waals surface area contributed by atoms with E-state index in [0.29, 0.717) is 31.0 Å². The minimum Gasteiger partial charge on any atom is -0.328 e. The first-order valence-corrected chi connectivity index (χ1v) is 7.94. The minimum absolute atomic E-state index is 0.0219. The number of fused-ring (bicyclic) bond motifs is 1. The first-order valence-electron chi connectivity index (χ1n) is 7.94. The van der Waals surface area contributed by atoms with E-state index in [2.05, 4.69) is 20.8 Å². The van der Waals surface area contributed by atoms with Crippen LogP contribution in [0.5, 0.6) is 0 Å². The van der Waals surface area contributed by atoms with E-state index in [1.807, 2.05) is 0 Å². The highest BCUT2D eigenvalue weighted by Gasteiger charge is 2.55. The third-order valence-corrected chi connectivity index (χ3v) is 5.88. The Morgan fingerprint density at radius 3 is 2.55 bits per heavy atom. The van der Waals surface area contributed by atoms with Gasteiger partial charge in [-0.25, -0.2) is 0 Å². The van der Waals surface area contributed by atoms with Crippen molar-refractivity contribution in [2.75, 3.05) is 0 Å². The summed E-state index contributed by atoms with van der Waals surface area (Å²) < 4.78 is 0. The van der Waals surface area contributed by atoms with E-state index in [4.69, 9.17) is 5.73 Å². The Hall–Kier alpha value is -0.700. The predicted molar refractivity (Wildman–Crippen MR) is 80.2 cm³/mol. The van der Waals surface area contributed by atoms with Gasteiger partial charge in [0.05, 0.1) is 0 Å². The predicted octanol–water partition coefficient (Wildman–Crippen LogP) is 3.10. The van der Waals surface area contributed by atoms with Gasteiger partial charge in [0, 0.05) is 24.8 Å². The van der Waals surface area contributed by atoms with Crippen LogP contribution in [0.25, 0.3) is 0 Å².